The van der Waals surface area contributed by atoms with Gasteiger partial charge in [0.15, 0.2) is 11.5 Å². The highest BCUT2D eigenvalue weighted by atomic mass is 35.5. The van der Waals surface area contributed by atoms with Crippen molar-refractivity contribution in [2.24, 2.45) is 5.92 Å². The Morgan fingerprint density at radius 1 is 1.11 bits per heavy atom. The average Bonchev–Trinajstić information content (AvgIpc) is 3.36. The predicted molar refractivity (Wildman–Crippen MR) is 142 cm³/mol. The van der Waals surface area contributed by atoms with Gasteiger partial charge in [-0.3, -0.25) is 9.78 Å². The molecule has 1 saturated carbocycles. The molecule has 0 radical (unpaired) electrons. The number of aromatic nitrogens is 2. The van der Waals surface area contributed by atoms with Crippen molar-refractivity contribution >= 4 is 45.7 Å². The van der Waals surface area contributed by atoms with Gasteiger partial charge in [0.05, 0.1) is 32.5 Å². The fourth-order valence-corrected chi connectivity index (χ4v) is 5.86. The van der Waals surface area contributed by atoms with Gasteiger partial charge in [0.1, 0.15) is 5.52 Å². The molecule has 1 saturated heterocycles. The van der Waals surface area contributed by atoms with Crippen LogP contribution in [0.5, 0.6) is 5.75 Å². The standard InChI is InChI=1S/C27H30Cl2N4O2/c1-16(34)20-14-30-24-9-8-23(18-12-21(28)27(35)22(29)13-18)32-26(24)25(20)31-19-6-4-17(5-7-19)15-33-10-2-3-11-33/h8-9,12-14,17,19,35H,2-7,10-11,15H2,1H3,(H,30,31)/t17-,19-. The SMILES string of the molecule is CC(=O)c1cnc2ccc(-c3cc(Cl)c(O)c(Cl)c3)nc2c1N[C@H]1CC[C@H](CN2CCCC2)CC1. The van der Waals surface area contributed by atoms with Crippen LogP contribution in [-0.4, -0.2) is 51.4 Å². The van der Waals surface area contributed by atoms with E-state index < -0.39 is 0 Å². The Labute approximate surface area is 215 Å². The number of aromatic hydroxyl groups is 1. The number of carbonyl (C=O) groups is 1. The van der Waals surface area contributed by atoms with Crippen LogP contribution in [0, 0.1) is 5.92 Å². The van der Waals surface area contributed by atoms with Crippen molar-refractivity contribution in [3.05, 3.63) is 46.1 Å². The van der Waals surface area contributed by atoms with Gasteiger partial charge in [-0.15, -0.1) is 0 Å². The summed E-state index contributed by atoms with van der Waals surface area (Å²) in [6.07, 6.45) is 8.83. The second kappa shape index (κ2) is 10.3. The van der Waals surface area contributed by atoms with E-state index in [4.69, 9.17) is 28.2 Å². The van der Waals surface area contributed by atoms with Gasteiger partial charge in [0.25, 0.3) is 0 Å². The summed E-state index contributed by atoms with van der Waals surface area (Å²) < 4.78 is 0. The van der Waals surface area contributed by atoms with Crippen molar-refractivity contribution in [2.75, 3.05) is 25.0 Å². The lowest BCUT2D eigenvalue weighted by Gasteiger charge is -2.32. The van der Waals surface area contributed by atoms with Gasteiger partial charge >= 0.3 is 0 Å². The Balaban J connectivity index is 1.43. The minimum Gasteiger partial charge on any atom is -0.505 e. The van der Waals surface area contributed by atoms with Crippen LogP contribution in [0.25, 0.3) is 22.3 Å². The van der Waals surface area contributed by atoms with Crippen molar-refractivity contribution in [3.63, 3.8) is 0 Å². The van der Waals surface area contributed by atoms with E-state index in [2.05, 4.69) is 15.2 Å². The third-order valence-corrected chi connectivity index (χ3v) is 7.89. The van der Waals surface area contributed by atoms with E-state index in [1.54, 1.807) is 25.3 Å². The molecule has 2 N–H and O–H groups in total. The highest BCUT2D eigenvalue weighted by Gasteiger charge is 2.26. The highest BCUT2D eigenvalue weighted by Crippen LogP contribution is 2.37. The normalized spacial score (nSPS) is 20.9. The molecule has 6 nitrogen and oxygen atoms in total. The van der Waals surface area contributed by atoms with Gasteiger partial charge in [-0.25, -0.2) is 4.98 Å². The number of fused-ring (bicyclic) bond motifs is 1. The van der Waals surface area contributed by atoms with Crippen molar-refractivity contribution in [3.8, 4) is 17.0 Å². The van der Waals surface area contributed by atoms with Crippen LogP contribution >= 0.6 is 23.2 Å². The lowest BCUT2D eigenvalue weighted by molar-refractivity contribution is 0.101. The van der Waals surface area contributed by atoms with Crippen LogP contribution in [0.4, 0.5) is 5.69 Å². The number of carbonyl (C=O) groups excluding carboxylic acids is 1. The number of halogens is 2. The van der Waals surface area contributed by atoms with Crippen LogP contribution in [0.2, 0.25) is 10.0 Å². The number of phenolic OH excluding ortho intramolecular Hbond substituents is 1. The van der Waals surface area contributed by atoms with Crippen molar-refractivity contribution in [1.29, 1.82) is 0 Å². The molecule has 2 fully saturated rings. The Bertz CT molecular complexity index is 1230. The number of hydrogen-bond acceptors (Lipinski definition) is 6. The molecule has 35 heavy (non-hydrogen) atoms. The molecule has 3 heterocycles. The minimum absolute atomic E-state index is 0.0486. The number of Topliss-reactive ketones (excluding diaryl/α,β-unsaturated/α-hetero) is 1. The number of benzene rings is 1. The zero-order chi connectivity index (χ0) is 24.5. The number of likely N-dealkylation sites (tertiary alicyclic amines) is 1. The van der Waals surface area contributed by atoms with Crippen LogP contribution in [0.15, 0.2) is 30.5 Å². The molecule has 0 unspecified atom stereocenters. The lowest BCUT2D eigenvalue weighted by atomic mass is 9.85. The number of anilines is 1. The van der Waals surface area contributed by atoms with Crippen molar-refractivity contribution in [2.45, 2.75) is 51.5 Å². The summed E-state index contributed by atoms with van der Waals surface area (Å²) in [6.45, 7) is 5.26. The molecule has 5 rings (SSSR count). The molecule has 2 aliphatic rings. The zero-order valence-corrected chi connectivity index (χ0v) is 21.4. The van der Waals surface area contributed by atoms with Crippen LogP contribution in [0.3, 0.4) is 0 Å². The van der Waals surface area contributed by atoms with Crippen molar-refractivity contribution in [1.82, 2.24) is 14.9 Å². The fourth-order valence-electron chi connectivity index (χ4n) is 5.38. The third-order valence-electron chi connectivity index (χ3n) is 7.32. The number of rotatable bonds is 6. The number of nitrogens with zero attached hydrogens (tertiary/aromatic N) is 3. The molecular formula is C27H30Cl2N4O2. The average molecular weight is 513 g/mol. The molecule has 1 aliphatic heterocycles. The first kappa shape index (κ1) is 24.3. The second-order valence-electron chi connectivity index (χ2n) is 9.83. The quantitative estimate of drug-likeness (QED) is 0.363. The van der Waals surface area contributed by atoms with Crippen molar-refractivity contribution < 1.29 is 9.90 Å². The van der Waals surface area contributed by atoms with E-state index in [-0.39, 0.29) is 27.6 Å². The summed E-state index contributed by atoms with van der Waals surface area (Å²) in [5, 5.41) is 13.9. The monoisotopic (exact) mass is 512 g/mol. The molecule has 0 atom stereocenters. The maximum Gasteiger partial charge on any atom is 0.163 e. The van der Waals surface area contributed by atoms with E-state index in [1.165, 1.54) is 45.3 Å². The lowest BCUT2D eigenvalue weighted by Crippen LogP contribution is -2.33. The molecule has 184 valence electrons. The smallest absolute Gasteiger partial charge is 0.163 e. The summed E-state index contributed by atoms with van der Waals surface area (Å²) in [4.78, 5) is 24.5. The number of pyridine rings is 2. The van der Waals surface area contributed by atoms with E-state index in [1.807, 2.05) is 12.1 Å². The molecule has 2 aromatic heterocycles. The molecule has 0 spiro atoms. The molecule has 1 aromatic carbocycles. The Morgan fingerprint density at radius 2 is 1.80 bits per heavy atom. The fraction of sp³-hybridized carbons (Fsp3) is 0.444. The third kappa shape index (κ3) is 5.25. The highest BCUT2D eigenvalue weighted by molar-refractivity contribution is 6.37. The summed E-state index contributed by atoms with van der Waals surface area (Å²) >= 11 is 12.3. The van der Waals surface area contributed by atoms with E-state index >= 15 is 0 Å². The van der Waals surface area contributed by atoms with Crippen LogP contribution < -0.4 is 5.32 Å². The maximum absolute atomic E-state index is 12.5. The largest absolute Gasteiger partial charge is 0.505 e. The maximum atomic E-state index is 12.5. The number of nitrogens with one attached hydrogen (secondary N) is 1. The molecule has 0 bridgehead atoms. The topological polar surface area (TPSA) is 78.3 Å². The van der Waals surface area contributed by atoms with Gasteiger partial charge in [0, 0.05) is 24.3 Å². The van der Waals surface area contributed by atoms with Crippen LogP contribution in [-0.2, 0) is 0 Å². The first-order valence-electron chi connectivity index (χ1n) is 12.4. The van der Waals surface area contributed by atoms with Crippen LogP contribution in [0.1, 0.15) is 55.8 Å². The second-order valence-corrected chi connectivity index (χ2v) is 10.6. The predicted octanol–water partition coefficient (Wildman–Crippen LogP) is 6.58. The van der Waals surface area contributed by atoms with Gasteiger partial charge in [-0.05, 0) is 88.7 Å². The van der Waals surface area contributed by atoms with E-state index in [0.717, 1.165) is 24.4 Å². The van der Waals surface area contributed by atoms with E-state index in [0.29, 0.717) is 27.9 Å². The molecule has 3 aromatic rings. The molecular weight excluding hydrogens is 483 g/mol. The number of hydrogen-bond donors (Lipinski definition) is 2. The van der Waals surface area contributed by atoms with Gasteiger partial charge in [-0.2, -0.15) is 0 Å². The van der Waals surface area contributed by atoms with Gasteiger partial charge in [-0.1, -0.05) is 23.2 Å². The molecule has 1 aliphatic carbocycles. The first-order valence-corrected chi connectivity index (χ1v) is 13.1. The Morgan fingerprint density at radius 3 is 2.46 bits per heavy atom. The minimum atomic E-state index is -0.152. The van der Waals surface area contributed by atoms with E-state index in [9.17, 15) is 9.90 Å². The summed E-state index contributed by atoms with van der Waals surface area (Å²) in [6, 6.07) is 7.28. The summed E-state index contributed by atoms with van der Waals surface area (Å²) in [5.41, 5.74) is 3.96. The summed E-state index contributed by atoms with van der Waals surface area (Å²) in [7, 11) is 0. The first-order chi connectivity index (χ1) is 16.9. The number of phenols is 1. The zero-order valence-electron chi connectivity index (χ0n) is 19.9. The Hall–Kier alpha value is -2.41. The van der Waals surface area contributed by atoms with Gasteiger partial charge in [0.2, 0.25) is 0 Å². The molecule has 8 heteroatoms. The Kier molecular flexibility index (Phi) is 7.14. The van der Waals surface area contributed by atoms with Gasteiger partial charge < -0.3 is 15.3 Å². The summed E-state index contributed by atoms with van der Waals surface area (Å²) in [5.74, 6) is 0.551. The number of ketones is 1. The molecule has 0 amide bonds.